The second-order valence-electron chi connectivity index (χ2n) is 6.06. The standard InChI is InChI=1S/C20H25N3O4/c1-21-20(25)15-7-5-14(6-8-15)12-23(2)13-19(24)22-17-11-16(26-3)9-10-18(17)27-4/h5-11H,12-13H2,1-4H3,(H,21,25)(H,22,24). The zero-order chi connectivity index (χ0) is 19.8. The Balaban J connectivity index is 1.95. The van der Waals surface area contributed by atoms with Crippen LogP contribution < -0.4 is 20.1 Å². The van der Waals surface area contributed by atoms with Gasteiger partial charge in [0, 0.05) is 25.2 Å². The lowest BCUT2D eigenvalue weighted by Crippen LogP contribution is -2.30. The number of benzene rings is 2. The molecule has 0 radical (unpaired) electrons. The van der Waals surface area contributed by atoms with Gasteiger partial charge in [0.05, 0.1) is 26.5 Å². The molecule has 0 spiro atoms. The highest BCUT2D eigenvalue weighted by atomic mass is 16.5. The maximum atomic E-state index is 12.4. The van der Waals surface area contributed by atoms with Crippen molar-refractivity contribution in [2.45, 2.75) is 6.54 Å². The second-order valence-corrected chi connectivity index (χ2v) is 6.06. The number of anilines is 1. The number of hydrogen-bond acceptors (Lipinski definition) is 5. The van der Waals surface area contributed by atoms with Gasteiger partial charge in [0.15, 0.2) is 0 Å². The molecule has 0 saturated heterocycles. The van der Waals surface area contributed by atoms with Crippen LogP contribution in [-0.2, 0) is 11.3 Å². The van der Waals surface area contributed by atoms with Gasteiger partial charge in [-0.1, -0.05) is 12.1 Å². The zero-order valence-electron chi connectivity index (χ0n) is 16.0. The van der Waals surface area contributed by atoms with E-state index in [1.54, 1.807) is 51.6 Å². The van der Waals surface area contributed by atoms with E-state index in [9.17, 15) is 9.59 Å². The van der Waals surface area contributed by atoms with Gasteiger partial charge in [-0.3, -0.25) is 14.5 Å². The Bertz CT molecular complexity index is 790. The van der Waals surface area contributed by atoms with Crippen molar-refractivity contribution in [1.29, 1.82) is 0 Å². The highest BCUT2D eigenvalue weighted by molar-refractivity contribution is 5.94. The molecule has 2 N–H and O–H groups in total. The molecule has 0 aliphatic rings. The van der Waals surface area contributed by atoms with Crippen LogP contribution >= 0.6 is 0 Å². The van der Waals surface area contributed by atoms with Gasteiger partial charge >= 0.3 is 0 Å². The van der Waals surface area contributed by atoms with Crippen molar-refractivity contribution in [3.63, 3.8) is 0 Å². The van der Waals surface area contributed by atoms with Gasteiger partial charge in [-0.2, -0.15) is 0 Å². The van der Waals surface area contributed by atoms with Crippen LogP contribution in [0.15, 0.2) is 42.5 Å². The molecule has 27 heavy (non-hydrogen) atoms. The Kier molecular flexibility index (Phi) is 7.19. The van der Waals surface area contributed by atoms with E-state index in [1.807, 2.05) is 24.1 Å². The molecule has 0 bridgehead atoms. The van der Waals surface area contributed by atoms with E-state index in [0.29, 0.717) is 29.3 Å². The molecular formula is C20H25N3O4. The highest BCUT2D eigenvalue weighted by Crippen LogP contribution is 2.28. The van der Waals surface area contributed by atoms with Crippen LogP contribution in [0.25, 0.3) is 0 Å². The molecule has 0 unspecified atom stereocenters. The van der Waals surface area contributed by atoms with Crippen LogP contribution in [0.5, 0.6) is 11.5 Å². The van der Waals surface area contributed by atoms with Gasteiger partial charge in [-0.15, -0.1) is 0 Å². The average Bonchev–Trinajstić information content (AvgIpc) is 2.67. The monoisotopic (exact) mass is 371 g/mol. The van der Waals surface area contributed by atoms with Crippen molar-refractivity contribution in [2.24, 2.45) is 0 Å². The number of nitrogens with one attached hydrogen (secondary N) is 2. The van der Waals surface area contributed by atoms with E-state index in [2.05, 4.69) is 10.6 Å². The number of nitrogens with zero attached hydrogens (tertiary/aromatic N) is 1. The summed E-state index contributed by atoms with van der Waals surface area (Å²) in [6.45, 7) is 0.786. The lowest BCUT2D eigenvalue weighted by Gasteiger charge is -2.17. The molecule has 0 aliphatic heterocycles. The summed E-state index contributed by atoms with van der Waals surface area (Å²) in [5.41, 5.74) is 2.17. The third-order valence-corrected chi connectivity index (χ3v) is 3.99. The zero-order valence-corrected chi connectivity index (χ0v) is 16.0. The fourth-order valence-electron chi connectivity index (χ4n) is 2.62. The molecule has 0 saturated carbocycles. The van der Waals surface area contributed by atoms with Crippen molar-refractivity contribution < 1.29 is 19.1 Å². The van der Waals surface area contributed by atoms with Gasteiger partial charge in [-0.05, 0) is 36.9 Å². The fourth-order valence-corrected chi connectivity index (χ4v) is 2.62. The Morgan fingerprint density at radius 3 is 2.33 bits per heavy atom. The van der Waals surface area contributed by atoms with E-state index < -0.39 is 0 Å². The molecule has 0 fully saturated rings. The summed E-state index contributed by atoms with van der Waals surface area (Å²) >= 11 is 0. The van der Waals surface area contributed by atoms with E-state index >= 15 is 0 Å². The minimum Gasteiger partial charge on any atom is -0.497 e. The van der Waals surface area contributed by atoms with E-state index in [-0.39, 0.29) is 18.4 Å². The van der Waals surface area contributed by atoms with Crippen LogP contribution in [-0.4, -0.2) is 51.6 Å². The van der Waals surface area contributed by atoms with Crippen molar-refractivity contribution in [3.8, 4) is 11.5 Å². The average molecular weight is 371 g/mol. The summed E-state index contributed by atoms with van der Waals surface area (Å²) in [5.74, 6) is 0.916. The quantitative estimate of drug-likeness (QED) is 0.743. The van der Waals surface area contributed by atoms with Crippen LogP contribution in [0.1, 0.15) is 15.9 Å². The largest absolute Gasteiger partial charge is 0.497 e. The van der Waals surface area contributed by atoms with Crippen molar-refractivity contribution in [2.75, 3.05) is 40.2 Å². The summed E-state index contributed by atoms with van der Waals surface area (Å²) in [7, 11) is 6.57. The van der Waals surface area contributed by atoms with E-state index in [4.69, 9.17) is 9.47 Å². The predicted molar refractivity (Wildman–Crippen MR) is 104 cm³/mol. The topological polar surface area (TPSA) is 79.9 Å². The van der Waals surface area contributed by atoms with Crippen molar-refractivity contribution >= 4 is 17.5 Å². The number of likely N-dealkylation sites (N-methyl/N-ethyl adjacent to an activating group) is 1. The van der Waals surface area contributed by atoms with Gasteiger partial charge in [-0.25, -0.2) is 0 Å². The SMILES string of the molecule is CNC(=O)c1ccc(CN(C)CC(=O)Nc2cc(OC)ccc2OC)cc1. The normalized spacial score (nSPS) is 10.4. The van der Waals surface area contributed by atoms with Gasteiger partial charge < -0.3 is 20.1 Å². The molecule has 0 atom stereocenters. The third-order valence-electron chi connectivity index (χ3n) is 3.99. The summed E-state index contributed by atoms with van der Waals surface area (Å²) in [6, 6.07) is 12.5. The summed E-state index contributed by atoms with van der Waals surface area (Å²) in [6.07, 6.45) is 0. The maximum absolute atomic E-state index is 12.4. The van der Waals surface area contributed by atoms with Gasteiger partial charge in [0.1, 0.15) is 11.5 Å². The smallest absolute Gasteiger partial charge is 0.251 e. The Hall–Kier alpha value is -3.06. The number of carbonyl (C=O) groups excluding carboxylic acids is 2. The third kappa shape index (κ3) is 5.72. The molecule has 144 valence electrons. The van der Waals surface area contributed by atoms with Crippen LogP contribution in [0.3, 0.4) is 0 Å². The minimum atomic E-state index is -0.161. The Morgan fingerprint density at radius 1 is 1.04 bits per heavy atom. The Morgan fingerprint density at radius 2 is 1.74 bits per heavy atom. The minimum absolute atomic E-state index is 0.124. The summed E-state index contributed by atoms with van der Waals surface area (Å²) in [5, 5.41) is 5.43. The number of ether oxygens (including phenoxy) is 2. The number of methoxy groups -OCH3 is 2. The van der Waals surface area contributed by atoms with Crippen LogP contribution in [0.2, 0.25) is 0 Å². The molecule has 7 heteroatoms. The Labute approximate surface area is 159 Å². The van der Waals surface area contributed by atoms with Gasteiger partial charge in [0.25, 0.3) is 5.91 Å². The molecule has 0 aliphatic carbocycles. The molecule has 2 aromatic carbocycles. The number of amides is 2. The fraction of sp³-hybridized carbons (Fsp3) is 0.300. The molecule has 0 aromatic heterocycles. The predicted octanol–water partition coefficient (Wildman–Crippen LogP) is 2.13. The first kappa shape index (κ1) is 20.3. The molecule has 2 rings (SSSR count). The lowest BCUT2D eigenvalue weighted by molar-refractivity contribution is -0.117. The first-order valence-electron chi connectivity index (χ1n) is 8.48. The summed E-state index contributed by atoms with van der Waals surface area (Å²) < 4.78 is 10.5. The number of hydrogen-bond donors (Lipinski definition) is 2. The van der Waals surface area contributed by atoms with E-state index in [0.717, 1.165) is 5.56 Å². The second kappa shape index (κ2) is 9.59. The van der Waals surface area contributed by atoms with Gasteiger partial charge in [0.2, 0.25) is 5.91 Å². The highest BCUT2D eigenvalue weighted by Gasteiger charge is 2.12. The van der Waals surface area contributed by atoms with Crippen LogP contribution in [0.4, 0.5) is 5.69 Å². The molecule has 0 heterocycles. The maximum Gasteiger partial charge on any atom is 0.251 e. The number of carbonyl (C=O) groups is 2. The van der Waals surface area contributed by atoms with Crippen molar-refractivity contribution in [3.05, 3.63) is 53.6 Å². The summed E-state index contributed by atoms with van der Waals surface area (Å²) in [4.78, 5) is 25.8. The first-order chi connectivity index (χ1) is 13.0. The van der Waals surface area contributed by atoms with Crippen LogP contribution in [0, 0.1) is 0 Å². The van der Waals surface area contributed by atoms with Crippen molar-refractivity contribution in [1.82, 2.24) is 10.2 Å². The molecule has 7 nitrogen and oxygen atoms in total. The number of rotatable bonds is 8. The lowest BCUT2D eigenvalue weighted by atomic mass is 10.1. The molecule has 2 aromatic rings. The first-order valence-corrected chi connectivity index (χ1v) is 8.48. The van der Waals surface area contributed by atoms with E-state index in [1.165, 1.54) is 0 Å². The molecular weight excluding hydrogens is 346 g/mol. The molecule has 2 amide bonds.